The molecule has 38 heavy (non-hydrogen) atoms. The molecule has 0 saturated heterocycles. The molecule has 11 heteroatoms. The minimum Gasteiger partial charge on any atom is -0.248 e. The monoisotopic (exact) mass is 536 g/mol. The molecule has 4 aromatic rings. The van der Waals surface area contributed by atoms with E-state index in [1.807, 2.05) is 18.2 Å². The van der Waals surface area contributed by atoms with Gasteiger partial charge in [0, 0.05) is 6.26 Å². The topological polar surface area (TPSA) is 104 Å². The predicted octanol–water partition coefficient (Wildman–Crippen LogP) is 4.32. The molecule has 2 bridgehead atoms. The van der Waals surface area contributed by atoms with E-state index in [-0.39, 0.29) is 34.9 Å². The first-order chi connectivity index (χ1) is 18.0. The zero-order valence-electron chi connectivity index (χ0n) is 21.2. The number of aryl methyl sites for hydroxylation is 1. The Morgan fingerprint density at radius 2 is 1.79 bits per heavy atom. The number of fused-ring (bicyclic) bond motifs is 5. The number of halogens is 2. The van der Waals surface area contributed by atoms with Crippen LogP contribution in [0, 0.1) is 17.0 Å². The Bertz CT molecular complexity index is 1670. The lowest BCUT2D eigenvalue weighted by Crippen LogP contribution is -2.37. The van der Waals surface area contributed by atoms with Crippen LogP contribution >= 0.6 is 0 Å². The Balaban J connectivity index is 1.45. The highest BCUT2D eigenvalue weighted by molar-refractivity contribution is 7.90. The van der Waals surface area contributed by atoms with Crippen molar-refractivity contribution in [3.05, 3.63) is 77.4 Å². The highest BCUT2D eigenvalue weighted by Crippen LogP contribution is 2.69. The summed E-state index contributed by atoms with van der Waals surface area (Å²) < 4.78 is 54.0. The van der Waals surface area contributed by atoms with E-state index >= 15 is 0 Å². The van der Waals surface area contributed by atoms with Crippen molar-refractivity contribution in [1.82, 2.24) is 29.9 Å². The number of hydrogen-bond donors (Lipinski definition) is 0. The van der Waals surface area contributed by atoms with E-state index in [0.717, 1.165) is 29.8 Å². The Morgan fingerprint density at radius 1 is 1.05 bits per heavy atom. The maximum atomic E-state index is 14.5. The average molecular weight is 537 g/mol. The third-order valence-electron chi connectivity index (χ3n) is 8.31. The Hall–Kier alpha value is -3.60. The van der Waals surface area contributed by atoms with E-state index in [4.69, 9.17) is 4.98 Å². The van der Waals surface area contributed by atoms with E-state index in [1.165, 1.54) is 30.8 Å². The molecule has 0 aliphatic heterocycles. The maximum Gasteiger partial charge on any atom is 0.176 e. The Labute approximate surface area is 219 Å². The van der Waals surface area contributed by atoms with Crippen LogP contribution in [0.15, 0.2) is 48.8 Å². The molecule has 2 aliphatic rings. The van der Waals surface area contributed by atoms with Crippen molar-refractivity contribution in [3.8, 4) is 22.8 Å². The van der Waals surface area contributed by atoms with Crippen molar-refractivity contribution in [2.45, 2.75) is 44.6 Å². The van der Waals surface area contributed by atoms with Gasteiger partial charge in [-0.05, 0) is 60.1 Å². The largest absolute Gasteiger partial charge is 0.248 e. The second kappa shape index (κ2) is 8.45. The lowest BCUT2D eigenvalue weighted by atomic mass is 9.66. The molecule has 1 aromatic carbocycles. The number of rotatable bonds is 6. The molecule has 0 N–H and O–H groups in total. The smallest absolute Gasteiger partial charge is 0.176 e. The first kappa shape index (κ1) is 24.7. The minimum absolute atomic E-state index is 0.0599. The Kier molecular flexibility index (Phi) is 5.50. The number of benzene rings is 1. The summed E-state index contributed by atoms with van der Waals surface area (Å²) in [7, 11) is -3.18. The van der Waals surface area contributed by atoms with Crippen LogP contribution in [0.3, 0.4) is 0 Å². The van der Waals surface area contributed by atoms with Crippen molar-refractivity contribution >= 4 is 9.84 Å². The van der Waals surface area contributed by atoms with E-state index < -0.39 is 26.9 Å². The first-order valence-electron chi connectivity index (χ1n) is 12.4. The van der Waals surface area contributed by atoms with Gasteiger partial charge in [0.15, 0.2) is 5.82 Å². The summed E-state index contributed by atoms with van der Waals surface area (Å²) in [6, 6.07) is 11.2. The second-order valence-corrected chi connectivity index (χ2v) is 13.0. The fraction of sp³-hybridized carbons (Fsp3) is 0.370. The van der Waals surface area contributed by atoms with Gasteiger partial charge in [-0.3, -0.25) is 0 Å². The molecular formula is C27H26F2N6O2S. The van der Waals surface area contributed by atoms with Crippen molar-refractivity contribution in [2.75, 3.05) is 12.0 Å². The molecule has 2 aliphatic carbocycles. The molecule has 3 heterocycles. The molecule has 0 unspecified atom stereocenters. The average Bonchev–Trinajstić information content (AvgIpc) is 3.50. The van der Waals surface area contributed by atoms with Crippen LogP contribution in [0.5, 0.6) is 0 Å². The molecule has 3 aromatic heterocycles. The van der Waals surface area contributed by atoms with E-state index in [1.54, 1.807) is 10.7 Å². The van der Waals surface area contributed by atoms with Gasteiger partial charge in [-0.2, -0.15) is 10.2 Å². The first-order valence-corrected chi connectivity index (χ1v) is 14.4. The molecule has 8 nitrogen and oxygen atoms in total. The van der Waals surface area contributed by atoms with Crippen molar-refractivity contribution in [3.63, 3.8) is 0 Å². The summed E-state index contributed by atoms with van der Waals surface area (Å²) in [6.07, 6.45) is 4.25. The normalized spacial score (nSPS) is 21.6. The van der Waals surface area contributed by atoms with Crippen molar-refractivity contribution < 1.29 is 17.2 Å². The van der Waals surface area contributed by atoms with Crippen molar-refractivity contribution in [1.29, 1.82) is 0 Å². The minimum atomic E-state index is -3.18. The predicted molar refractivity (Wildman–Crippen MR) is 137 cm³/mol. The van der Waals surface area contributed by atoms with Crippen LogP contribution < -0.4 is 0 Å². The molecular weight excluding hydrogens is 510 g/mol. The lowest BCUT2D eigenvalue weighted by Gasteiger charge is -2.37. The van der Waals surface area contributed by atoms with Crippen molar-refractivity contribution in [2.24, 2.45) is 5.41 Å². The van der Waals surface area contributed by atoms with E-state index in [9.17, 15) is 17.2 Å². The summed E-state index contributed by atoms with van der Waals surface area (Å²) in [6.45, 7) is 4.53. The molecule has 2 atom stereocenters. The van der Waals surface area contributed by atoms with Gasteiger partial charge < -0.3 is 0 Å². The molecule has 196 valence electrons. The third-order valence-corrected chi connectivity index (χ3v) is 9.23. The molecule has 0 spiro atoms. The number of pyridine rings is 1. The highest BCUT2D eigenvalue weighted by Gasteiger charge is 2.65. The number of hydrogen-bond acceptors (Lipinski definition) is 7. The fourth-order valence-electron chi connectivity index (χ4n) is 6.43. The number of aromatic nitrogens is 6. The van der Waals surface area contributed by atoms with Crippen LogP contribution in [0.2, 0.25) is 0 Å². The molecule has 0 amide bonds. The fourth-order valence-corrected chi connectivity index (χ4v) is 6.94. The van der Waals surface area contributed by atoms with Crippen LogP contribution in [0.25, 0.3) is 22.8 Å². The lowest BCUT2D eigenvalue weighted by molar-refractivity contribution is 0.243. The maximum absolute atomic E-state index is 14.5. The summed E-state index contributed by atoms with van der Waals surface area (Å²) in [5, 5.41) is 13.1. The molecule has 1 fully saturated rings. The van der Waals surface area contributed by atoms with Gasteiger partial charge in [0.2, 0.25) is 0 Å². The zero-order valence-corrected chi connectivity index (χ0v) is 22.0. The summed E-state index contributed by atoms with van der Waals surface area (Å²) in [5.41, 5.74) is 2.27. The van der Waals surface area contributed by atoms with Gasteiger partial charge in [0.25, 0.3) is 0 Å². The summed E-state index contributed by atoms with van der Waals surface area (Å²) in [4.78, 5) is 9.37. The van der Waals surface area contributed by atoms with Gasteiger partial charge in [-0.1, -0.05) is 26.0 Å². The standard InChI is InChI=1S/C27H26F2N6O2S/c1-26(2)17-10-11-27(26,24-16(17)14-21(33-34-24)23-18(28)6-4-7-19(23)29)22-9-5-8-20(32-22)25-30-15-31-35(25)12-13-38(3,36)37/h4-9,14-15,17H,10-13H2,1-3H3/t17-,27+/m0/s1. The zero-order chi connectivity index (χ0) is 26.9. The molecule has 1 saturated carbocycles. The van der Waals surface area contributed by atoms with Gasteiger partial charge in [0.1, 0.15) is 33.5 Å². The third kappa shape index (κ3) is 3.58. The quantitative estimate of drug-likeness (QED) is 0.361. The van der Waals surface area contributed by atoms with Gasteiger partial charge in [0.05, 0.1) is 40.4 Å². The molecule has 0 radical (unpaired) electrons. The number of sulfone groups is 1. The second-order valence-electron chi connectivity index (χ2n) is 10.7. The van der Waals surface area contributed by atoms with Gasteiger partial charge in [-0.25, -0.2) is 31.8 Å². The van der Waals surface area contributed by atoms with E-state index in [0.29, 0.717) is 11.5 Å². The van der Waals surface area contributed by atoms with Gasteiger partial charge in [-0.15, -0.1) is 5.10 Å². The summed E-state index contributed by atoms with van der Waals surface area (Å²) >= 11 is 0. The summed E-state index contributed by atoms with van der Waals surface area (Å²) in [5.74, 6) is -0.814. The van der Waals surface area contributed by atoms with Gasteiger partial charge >= 0.3 is 0 Å². The van der Waals surface area contributed by atoms with Crippen LogP contribution in [-0.2, 0) is 21.8 Å². The van der Waals surface area contributed by atoms with Crippen LogP contribution in [0.1, 0.15) is 49.6 Å². The highest BCUT2D eigenvalue weighted by atomic mass is 32.2. The van der Waals surface area contributed by atoms with E-state index in [2.05, 4.69) is 34.1 Å². The Morgan fingerprint density at radius 3 is 2.53 bits per heavy atom. The number of nitrogens with zero attached hydrogens (tertiary/aromatic N) is 6. The molecule has 6 rings (SSSR count). The van der Waals surface area contributed by atoms with Crippen LogP contribution in [0.4, 0.5) is 8.78 Å². The SMILES string of the molecule is CC1(C)[C@H]2CC[C@@]1(c1cccc(-c3ncnn3CCS(C)(=O)=O)n1)c1nnc(-c3c(F)cccc3F)cc12. The van der Waals surface area contributed by atoms with Crippen LogP contribution in [-0.4, -0.2) is 50.4 Å².